The first-order valence-corrected chi connectivity index (χ1v) is 7.10. The first-order chi connectivity index (χ1) is 8.11. The standard InChI is InChI=1S/C14H19BrFN/c1-3-13-7-4-10(2)17(13)9-11-5-6-12(15)8-14(11)16/h5-6,8,10,13H,3-4,7,9H2,1-2H3. The van der Waals surface area contributed by atoms with Gasteiger partial charge >= 0.3 is 0 Å². The van der Waals surface area contributed by atoms with E-state index in [2.05, 4.69) is 34.7 Å². The zero-order valence-electron chi connectivity index (χ0n) is 10.4. The predicted molar refractivity (Wildman–Crippen MR) is 72.4 cm³/mol. The second-order valence-electron chi connectivity index (χ2n) is 4.90. The van der Waals surface area contributed by atoms with Gasteiger partial charge in [-0.25, -0.2) is 4.39 Å². The highest BCUT2D eigenvalue weighted by atomic mass is 79.9. The van der Waals surface area contributed by atoms with E-state index in [-0.39, 0.29) is 5.82 Å². The monoisotopic (exact) mass is 299 g/mol. The summed E-state index contributed by atoms with van der Waals surface area (Å²) in [6.45, 7) is 5.19. The summed E-state index contributed by atoms with van der Waals surface area (Å²) in [6, 6.07) is 6.55. The van der Waals surface area contributed by atoms with Crippen LogP contribution in [-0.2, 0) is 6.54 Å². The molecule has 2 atom stereocenters. The summed E-state index contributed by atoms with van der Waals surface area (Å²) in [6.07, 6.45) is 3.63. The first-order valence-electron chi connectivity index (χ1n) is 6.31. The summed E-state index contributed by atoms with van der Waals surface area (Å²) >= 11 is 3.29. The summed E-state index contributed by atoms with van der Waals surface area (Å²) in [5.74, 6) is -0.103. The molecule has 1 aliphatic rings. The van der Waals surface area contributed by atoms with Crippen LogP contribution in [0.3, 0.4) is 0 Å². The van der Waals surface area contributed by atoms with Gasteiger partial charge in [0.1, 0.15) is 5.82 Å². The lowest BCUT2D eigenvalue weighted by atomic mass is 10.1. The molecule has 0 aliphatic carbocycles. The van der Waals surface area contributed by atoms with Crippen molar-refractivity contribution in [2.24, 2.45) is 0 Å². The minimum absolute atomic E-state index is 0.103. The van der Waals surface area contributed by atoms with E-state index in [1.807, 2.05) is 12.1 Å². The largest absolute Gasteiger partial charge is 0.293 e. The lowest BCUT2D eigenvalue weighted by Gasteiger charge is -2.27. The number of likely N-dealkylation sites (tertiary alicyclic amines) is 1. The summed E-state index contributed by atoms with van der Waals surface area (Å²) in [4.78, 5) is 2.44. The summed E-state index contributed by atoms with van der Waals surface area (Å²) in [7, 11) is 0. The fourth-order valence-corrected chi connectivity index (χ4v) is 3.03. The van der Waals surface area contributed by atoms with E-state index in [1.165, 1.54) is 12.8 Å². The Labute approximate surface area is 111 Å². The molecule has 0 aromatic heterocycles. The van der Waals surface area contributed by atoms with Gasteiger partial charge in [0.25, 0.3) is 0 Å². The molecule has 0 spiro atoms. The fraction of sp³-hybridized carbons (Fsp3) is 0.571. The lowest BCUT2D eigenvalue weighted by molar-refractivity contribution is 0.187. The smallest absolute Gasteiger partial charge is 0.128 e. The molecule has 94 valence electrons. The highest BCUT2D eigenvalue weighted by Gasteiger charge is 2.29. The van der Waals surface area contributed by atoms with Crippen LogP contribution in [0.2, 0.25) is 0 Å². The van der Waals surface area contributed by atoms with E-state index in [0.717, 1.165) is 23.0 Å². The molecule has 2 unspecified atom stereocenters. The van der Waals surface area contributed by atoms with Crippen LogP contribution in [0.4, 0.5) is 4.39 Å². The highest BCUT2D eigenvalue weighted by Crippen LogP contribution is 2.28. The van der Waals surface area contributed by atoms with Crippen molar-refractivity contribution in [2.45, 2.75) is 51.7 Å². The van der Waals surface area contributed by atoms with Crippen LogP contribution in [0, 0.1) is 5.82 Å². The Morgan fingerprint density at radius 3 is 2.82 bits per heavy atom. The maximum atomic E-state index is 13.8. The average molecular weight is 300 g/mol. The molecule has 1 heterocycles. The van der Waals surface area contributed by atoms with E-state index < -0.39 is 0 Å². The third-order valence-electron chi connectivity index (χ3n) is 3.79. The lowest BCUT2D eigenvalue weighted by Crippen LogP contribution is -2.33. The molecule has 0 bridgehead atoms. The maximum absolute atomic E-state index is 13.8. The Hall–Kier alpha value is -0.410. The van der Waals surface area contributed by atoms with Crippen molar-refractivity contribution in [1.29, 1.82) is 0 Å². The van der Waals surface area contributed by atoms with E-state index in [4.69, 9.17) is 0 Å². The van der Waals surface area contributed by atoms with Crippen LogP contribution in [0.5, 0.6) is 0 Å². The number of halogens is 2. The number of hydrogen-bond acceptors (Lipinski definition) is 1. The van der Waals surface area contributed by atoms with Crippen molar-refractivity contribution < 1.29 is 4.39 Å². The quantitative estimate of drug-likeness (QED) is 0.802. The van der Waals surface area contributed by atoms with Gasteiger partial charge < -0.3 is 0 Å². The van der Waals surface area contributed by atoms with Gasteiger partial charge in [0.05, 0.1) is 0 Å². The molecule has 1 aliphatic heterocycles. The SMILES string of the molecule is CCC1CCC(C)N1Cc1ccc(Br)cc1F. The topological polar surface area (TPSA) is 3.24 Å². The van der Waals surface area contributed by atoms with Crippen LogP contribution in [0.15, 0.2) is 22.7 Å². The van der Waals surface area contributed by atoms with Gasteiger partial charge in [-0.2, -0.15) is 0 Å². The molecule has 17 heavy (non-hydrogen) atoms. The zero-order chi connectivity index (χ0) is 12.4. The van der Waals surface area contributed by atoms with Gasteiger partial charge in [-0.3, -0.25) is 4.90 Å². The second kappa shape index (κ2) is 5.49. The minimum Gasteiger partial charge on any atom is -0.293 e. The van der Waals surface area contributed by atoms with Gasteiger partial charge in [0, 0.05) is 28.7 Å². The summed E-state index contributed by atoms with van der Waals surface area (Å²) in [5.41, 5.74) is 0.806. The second-order valence-corrected chi connectivity index (χ2v) is 5.81. The number of benzene rings is 1. The fourth-order valence-electron chi connectivity index (χ4n) is 2.70. The van der Waals surface area contributed by atoms with Gasteiger partial charge in [-0.05, 0) is 38.3 Å². The number of nitrogens with zero attached hydrogens (tertiary/aromatic N) is 1. The van der Waals surface area contributed by atoms with Gasteiger partial charge in [-0.1, -0.05) is 28.9 Å². The third-order valence-corrected chi connectivity index (χ3v) is 4.29. The van der Waals surface area contributed by atoms with Crippen molar-refractivity contribution in [2.75, 3.05) is 0 Å². The Bertz CT molecular complexity index is 394. The van der Waals surface area contributed by atoms with Crippen LogP contribution in [0.25, 0.3) is 0 Å². The van der Waals surface area contributed by atoms with Crippen molar-refractivity contribution >= 4 is 15.9 Å². The Kier molecular flexibility index (Phi) is 4.21. The van der Waals surface area contributed by atoms with E-state index in [0.29, 0.717) is 12.1 Å². The van der Waals surface area contributed by atoms with Crippen LogP contribution < -0.4 is 0 Å². The molecule has 0 amide bonds. The Balaban J connectivity index is 2.14. The predicted octanol–water partition coefficient (Wildman–Crippen LogP) is 4.35. The van der Waals surface area contributed by atoms with E-state index >= 15 is 0 Å². The molecular weight excluding hydrogens is 281 g/mol. The molecule has 0 radical (unpaired) electrons. The Morgan fingerprint density at radius 1 is 1.41 bits per heavy atom. The molecule has 1 aromatic carbocycles. The molecule has 1 fully saturated rings. The third kappa shape index (κ3) is 2.89. The van der Waals surface area contributed by atoms with E-state index in [1.54, 1.807) is 6.07 Å². The maximum Gasteiger partial charge on any atom is 0.128 e. The zero-order valence-corrected chi connectivity index (χ0v) is 12.0. The average Bonchev–Trinajstić information content (AvgIpc) is 2.64. The van der Waals surface area contributed by atoms with E-state index in [9.17, 15) is 4.39 Å². The molecular formula is C14H19BrFN. The van der Waals surface area contributed by atoms with Crippen molar-refractivity contribution in [3.05, 3.63) is 34.1 Å². The molecule has 1 nitrogen and oxygen atoms in total. The summed E-state index contributed by atoms with van der Waals surface area (Å²) in [5, 5.41) is 0. The Morgan fingerprint density at radius 2 is 2.18 bits per heavy atom. The van der Waals surface area contributed by atoms with Crippen LogP contribution in [-0.4, -0.2) is 17.0 Å². The van der Waals surface area contributed by atoms with Crippen LogP contribution >= 0.6 is 15.9 Å². The molecule has 0 N–H and O–H groups in total. The van der Waals surface area contributed by atoms with Gasteiger partial charge in [0.2, 0.25) is 0 Å². The van der Waals surface area contributed by atoms with Gasteiger partial charge in [0.15, 0.2) is 0 Å². The van der Waals surface area contributed by atoms with Crippen LogP contribution in [0.1, 0.15) is 38.7 Å². The normalized spacial score (nSPS) is 25.4. The molecule has 3 heteroatoms. The molecule has 2 rings (SSSR count). The number of hydrogen-bond donors (Lipinski definition) is 0. The molecule has 1 saturated heterocycles. The molecule has 0 saturated carbocycles. The first kappa shape index (κ1) is 13.0. The van der Waals surface area contributed by atoms with Crippen molar-refractivity contribution in [3.63, 3.8) is 0 Å². The number of rotatable bonds is 3. The van der Waals surface area contributed by atoms with Crippen molar-refractivity contribution in [3.8, 4) is 0 Å². The minimum atomic E-state index is -0.103. The molecule has 1 aromatic rings. The highest BCUT2D eigenvalue weighted by molar-refractivity contribution is 9.10. The summed E-state index contributed by atoms with van der Waals surface area (Å²) < 4.78 is 14.6. The van der Waals surface area contributed by atoms with Gasteiger partial charge in [-0.15, -0.1) is 0 Å². The van der Waals surface area contributed by atoms with Crippen molar-refractivity contribution in [1.82, 2.24) is 4.90 Å².